The van der Waals surface area contributed by atoms with Crippen LogP contribution in [0.15, 0.2) is 18.2 Å². The standard InChI is InChI=1S/C11H13FN2O5/c1-18-10(19-2)6-13-11(15)8-4-3-7(12)5-9(8)14(16)17/h3-5,10H,6H2,1-2H3,(H,13,15). The van der Waals surface area contributed by atoms with Crippen molar-refractivity contribution in [3.63, 3.8) is 0 Å². The van der Waals surface area contributed by atoms with Gasteiger partial charge in [0.2, 0.25) is 0 Å². The molecule has 1 N–H and O–H groups in total. The second-order valence-electron chi connectivity index (χ2n) is 3.53. The molecule has 0 saturated carbocycles. The van der Waals surface area contributed by atoms with Gasteiger partial charge in [0.05, 0.1) is 17.5 Å². The number of methoxy groups -OCH3 is 2. The first kappa shape index (κ1) is 15.0. The Morgan fingerprint density at radius 3 is 2.63 bits per heavy atom. The van der Waals surface area contributed by atoms with Gasteiger partial charge in [-0.3, -0.25) is 14.9 Å². The van der Waals surface area contributed by atoms with Crippen molar-refractivity contribution in [2.24, 2.45) is 0 Å². The third-order valence-electron chi connectivity index (χ3n) is 2.36. The van der Waals surface area contributed by atoms with Gasteiger partial charge in [0.1, 0.15) is 11.4 Å². The molecule has 104 valence electrons. The molecule has 0 saturated heterocycles. The van der Waals surface area contributed by atoms with Gasteiger partial charge in [0, 0.05) is 14.2 Å². The fraction of sp³-hybridized carbons (Fsp3) is 0.364. The average molecular weight is 272 g/mol. The van der Waals surface area contributed by atoms with E-state index in [1.165, 1.54) is 14.2 Å². The molecule has 0 bridgehead atoms. The summed E-state index contributed by atoms with van der Waals surface area (Å²) in [6, 6.07) is 2.72. The molecule has 1 aromatic carbocycles. The maximum Gasteiger partial charge on any atom is 0.285 e. The van der Waals surface area contributed by atoms with E-state index in [-0.39, 0.29) is 12.1 Å². The Hall–Kier alpha value is -2.06. The minimum Gasteiger partial charge on any atom is -0.354 e. The number of nitrogens with one attached hydrogen (secondary N) is 1. The van der Waals surface area contributed by atoms with E-state index in [2.05, 4.69) is 5.32 Å². The predicted octanol–water partition coefficient (Wildman–Crippen LogP) is 1.08. The van der Waals surface area contributed by atoms with Crippen molar-refractivity contribution in [1.82, 2.24) is 5.32 Å². The van der Waals surface area contributed by atoms with E-state index in [4.69, 9.17) is 9.47 Å². The van der Waals surface area contributed by atoms with Crippen molar-refractivity contribution in [1.29, 1.82) is 0 Å². The molecule has 0 radical (unpaired) electrons. The third kappa shape index (κ3) is 3.97. The molecule has 1 amide bonds. The molecule has 1 aromatic rings. The number of ether oxygens (including phenoxy) is 2. The molecule has 0 atom stereocenters. The molecule has 0 aliphatic heterocycles. The first-order valence-electron chi connectivity index (χ1n) is 5.27. The van der Waals surface area contributed by atoms with Crippen molar-refractivity contribution in [3.8, 4) is 0 Å². The predicted molar refractivity (Wildman–Crippen MR) is 63.2 cm³/mol. The average Bonchev–Trinajstić information content (AvgIpc) is 2.39. The lowest BCUT2D eigenvalue weighted by Crippen LogP contribution is -2.34. The quantitative estimate of drug-likeness (QED) is 0.475. The molecule has 1 rings (SSSR count). The zero-order chi connectivity index (χ0) is 14.4. The number of carbonyl (C=O) groups excluding carboxylic acids is 1. The summed E-state index contributed by atoms with van der Waals surface area (Å²) >= 11 is 0. The SMILES string of the molecule is COC(CNC(=O)c1ccc(F)cc1[N+](=O)[O-])OC. The first-order valence-corrected chi connectivity index (χ1v) is 5.27. The maximum absolute atomic E-state index is 12.9. The number of carbonyl (C=O) groups is 1. The number of hydrogen-bond acceptors (Lipinski definition) is 5. The maximum atomic E-state index is 12.9. The fourth-order valence-corrected chi connectivity index (χ4v) is 1.38. The molecule has 0 aliphatic carbocycles. The lowest BCUT2D eigenvalue weighted by Gasteiger charge is -2.13. The number of halogens is 1. The Morgan fingerprint density at radius 2 is 2.11 bits per heavy atom. The van der Waals surface area contributed by atoms with Gasteiger partial charge < -0.3 is 14.8 Å². The van der Waals surface area contributed by atoms with Crippen LogP contribution in [0.25, 0.3) is 0 Å². The van der Waals surface area contributed by atoms with Crippen LogP contribution in [0.1, 0.15) is 10.4 Å². The van der Waals surface area contributed by atoms with Gasteiger partial charge in [-0.2, -0.15) is 0 Å². The molecule has 0 fully saturated rings. The highest BCUT2D eigenvalue weighted by Gasteiger charge is 2.21. The number of nitrogens with zero attached hydrogens (tertiary/aromatic N) is 1. The molecule has 8 heteroatoms. The van der Waals surface area contributed by atoms with E-state index in [0.29, 0.717) is 6.07 Å². The van der Waals surface area contributed by atoms with Crippen molar-refractivity contribution in [2.75, 3.05) is 20.8 Å². The van der Waals surface area contributed by atoms with Crippen LogP contribution in [0.2, 0.25) is 0 Å². The van der Waals surface area contributed by atoms with E-state index < -0.39 is 28.6 Å². The third-order valence-corrected chi connectivity index (χ3v) is 2.36. The van der Waals surface area contributed by atoms with E-state index in [1.807, 2.05) is 0 Å². The van der Waals surface area contributed by atoms with Crippen LogP contribution >= 0.6 is 0 Å². The van der Waals surface area contributed by atoms with Gasteiger partial charge in [-0.25, -0.2) is 4.39 Å². The molecular formula is C11H13FN2O5. The number of rotatable bonds is 6. The summed E-state index contributed by atoms with van der Waals surface area (Å²) in [4.78, 5) is 21.7. The highest BCUT2D eigenvalue weighted by Crippen LogP contribution is 2.19. The summed E-state index contributed by atoms with van der Waals surface area (Å²) in [6.45, 7) is 0.0143. The first-order chi connectivity index (χ1) is 8.99. The molecule has 19 heavy (non-hydrogen) atoms. The van der Waals surface area contributed by atoms with Gasteiger partial charge in [0.25, 0.3) is 11.6 Å². The molecule has 0 spiro atoms. The zero-order valence-electron chi connectivity index (χ0n) is 10.4. The molecule has 0 aliphatic rings. The highest BCUT2D eigenvalue weighted by atomic mass is 19.1. The van der Waals surface area contributed by atoms with Crippen molar-refractivity contribution in [2.45, 2.75) is 6.29 Å². The van der Waals surface area contributed by atoms with E-state index in [0.717, 1.165) is 12.1 Å². The van der Waals surface area contributed by atoms with Gasteiger partial charge in [-0.15, -0.1) is 0 Å². The van der Waals surface area contributed by atoms with Gasteiger partial charge in [-0.05, 0) is 12.1 Å². The van der Waals surface area contributed by atoms with Crippen LogP contribution in [0.3, 0.4) is 0 Å². The monoisotopic (exact) mass is 272 g/mol. The van der Waals surface area contributed by atoms with E-state index >= 15 is 0 Å². The van der Waals surface area contributed by atoms with Gasteiger partial charge >= 0.3 is 0 Å². The minimum atomic E-state index is -0.817. The Bertz CT molecular complexity index is 476. The lowest BCUT2D eigenvalue weighted by molar-refractivity contribution is -0.385. The second kappa shape index (κ2) is 6.76. The van der Waals surface area contributed by atoms with Crippen LogP contribution in [0.5, 0.6) is 0 Å². The summed E-state index contributed by atoms with van der Waals surface area (Å²) in [5.41, 5.74) is -0.818. The fourth-order valence-electron chi connectivity index (χ4n) is 1.38. The second-order valence-corrected chi connectivity index (χ2v) is 3.53. The molecule has 7 nitrogen and oxygen atoms in total. The number of benzene rings is 1. The van der Waals surface area contributed by atoms with E-state index in [9.17, 15) is 19.3 Å². The van der Waals surface area contributed by atoms with Crippen molar-refractivity contribution in [3.05, 3.63) is 39.7 Å². The zero-order valence-corrected chi connectivity index (χ0v) is 10.4. The minimum absolute atomic E-state index is 0.0143. The van der Waals surface area contributed by atoms with Crippen LogP contribution in [-0.4, -0.2) is 37.9 Å². The number of amides is 1. The Kier molecular flexibility index (Phi) is 5.34. The Balaban J connectivity index is 2.85. The number of nitro benzene ring substituents is 1. The van der Waals surface area contributed by atoms with Crippen molar-refractivity contribution >= 4 is 11.6 Å². The lowest BCUT2D eigenvalue weighted by atomic mass is 10.1. The topological polar surface area (TPSA) is 90.7 Å². The van der Waals surface area contributed by atoms with Crippen LogP contribution in [0, 0.1) is 15.9 Å². The molecular weight excluding hydrogens is 259 g/mol. The number of nitro groups is 1. The van der Waals surface area contributed by atoms with Crippen LogP contribution in [-0.2, 0) is 9.47 Å². The number of hydrogen-bond donors (Lipinski definition) is 1. The summed E-state index contributed by atoms with van der Waals surface area (Å²) in [5.74, 6) is -1.49. The molecule has 0 aromatic heterocycles. The summed E-state index contributed by atoms with van der Waals surface area (Å²) in [6.07, 6.45) is -0.663. The summed E-state index contributed by atoms with van der Waals surface area (Å²) in [7, 11) is 2.78. The molecule has 0 heterocycles. The van der Waals surface area contributed by atoms with Gasteiger partial charge in [0.15, 0.2) is 6.29 Å². The van der Waals surface area contributed by atoms with Crippen molar-refractivity contribution < 1.29 is 23.6 Å². The Labute approximate surface area is 108 Å². The Morgan fingerprint density at radius 1 is 1.47 bits per heavy atom. The smallest absolute Gasteiger partial charge is 0.285 e. The van der Waals surface area contributed by atoms with Gasteiger partial charge in [-0.1, -0.05) is 0 Å². The summed E-state index contributed by atoms with van der Waals surface area (Å²) in [5, 5.41) is 13.1. The summed E-state index contributed by atoms with van der Waals surface area (Å²) < 4.78 is 22.6. The van der Waals surface area contributed by atoms with Crippen LogP contribution < -0.4 is 5.32 Å². The van der Waals surface area contributed by atoms with Crippen LogP contribution in [0.4, 0.5) is 10.1 Å². The van der Waals surface area contributed by atoms with E-state index in [1.54, 1.807) is 0 Å². The molecule has 0 unspecified atom stereocenters. The normalized spacial score (nSPS) is 10.5. The largest absolute Gasteiger partial charge is 0.354 e. The highest BCUT2D eigenvalue weighted by molar-refractivity contribution is 5.98.